The molecule has 0 amide bonds. The first-order valence-corrected chi connectivity index (χ1v) is 5.05. The van der Waals surface area contributed by atoms with Gasteiger partial charge in [-0.1, -0.05) is 0 Å². The SMILES string of the molecule is CCn1cnc2cnc(CC(C)O)nc21. The van der Waals surface area contributed by atoms with Crippen LogP contribution in [0.1, 0.15) is 19.7 Å². The summed E-state index contributed by atoms with van der Waals surface area (Å²) in [4.78, 5) is 12.7. The number of rotatable bonds is 3. The van der Waals surface area contributed by atoms with Crippen LogP contribution in [0.25, 0.3) is 11.2 Å². The van der Waals surface area contributed by atoms with Crippen molar-refractivity contribution in [2.75, 3.05) is 0 Å². The van der Waals surface area contributed by atoms with Crippen LogP contribution in [0.15, 0.2) is 12.5 Å². The summed E-state index contributed by atoms with van der Waals surface area (Å²) in [6.07, 6.45) is 3.52. The Morgan fingerprint density at radius 1 is 1.47 bits per heavy atom. The van der Waals surface area contributed by atoms with Gasteiger partial charge < -0.3 is 9.67 Å². The molecule has 0 fully saturated rings. The highest BCUT2D eigenvalue weighted by Crippen LogP contribution is 2.09. The Morgan fingerprint density at radius 3 is 2.93 bits per heavy atom. The third-order valence-electron chi connectivity index (χ3n) is 2.23. The summed E-state index contributed by atoms with van der Waals surface area (Å²) >= 11 is 0. The maximum absolute atomic E-state index is 9.25. The van der Waals surface area contributed by atoms with Crippen molar-refractivity contribution in [2.24, 2.45) is 0 Å². The number of aliphatic hydroxyl groups excluding tert-OH is 1. The number of fused-ring (bicyclic) bond motifs is 1. The molecule has 2 heterocycles. The van der Waals surface area contributed by atoms with E-state index in [1.54, 1.807) is 19.4 Å². The zero-order chi connectivity index (χ0) is 10.8. The van der Waals surface area contributed by atoms with Gasteiger partial charge in [-0.2, -0.15) is 0 Å². The van der Waals surface area contributed by atoms with E-state index < -0.39 is 6.10 Å². The smallest absolute Gasteiger partial charge is 0.163 e. The molecule has 0 bridgehead atoms. The minimum atomic E-state index is -0.416. The van der Waals surface area contributed by atoms with Crippen LogP contribution in [0.3, 0.4) is 0 Å². The molecule has 5 nitrogen and oxygen atoms in total. The Bertz CT molecular complexity index is 463. The highest BCUT2D eigenvalue weighted by Gasteiger charge is 2.07. The minimum absolute atomic E-state index is 0.416. The van der Waals surface area contributed by atoms with Gasteiger partial charge in [-0.3, -0.25) is 0 Å². The molecular weight excluding hydrogens is 192 g/mol. The van der Waals surface area contributed by atoms with Crippen molar-refractivity contribution in [3.05, 3.63) is 18.3 Å². The lowest BCUT2D eigenvalue weighted by atomic mass is 10.3. The van der Waals surface area contributed by atoms with E-state index in [4.69, 9.17) is 0 Å². The third kappa shape index (κ3) is 1.97. The second-order valence-corrected chi connectivity index (χ2v) is 3.58. The van der Waals surface area contributed by atoms with E-state index in [1.165, 1.54) is 0 Å². The third-order valence-corrected chi connectivity index (χ3v) is 2.23. The molecule has 1 atom stereocenters. The van der Waals surface area contributed by atoms with E-state index in [1.807, 2.05) is 11.5 Å². The summed E-state index contributed by atoms with van der Waals surface area (Å²) in [5.41, 5.74) is 1.63. The molecule has 0 aliphatic carbocycles. The zero-order valence-electron chi connectivity index (χ0n) is 8.88. The lowest BCUT2D eigenvalue weighted by molar-refractivity contribution is 0.193. The fourth-order valence-corrected chi connectivity index (χ4v) is 1.48. The van der Waals surface area contributed by atoms with Crippen molar-refractivity contribution >= 4 is 11.2 Å². The summed E-state index contributed by atoms with van der Waals surface area (Å²) < 4.78 is 1.96. The van der Waals surface area contributed by atoms with E-state index in [0.29, 0.717) is 12.2 Å². The van der Waals surface area contributed by atoms with Crippen molar-refractivity contribution < 1.29 is 5.11 Å². The monoisotopic (exact) mass is 206 g/mol. The molecule has 5 heteroatoms. The van der Waals surface area contributed by atoms with Gasteiger partial charge in [-0.15, -0.1) is 0 Å². The molecule has 2 rings (SSSR count). The largest absolute Gasteiger partial charge is 0.393 e. The van der Waals surface area contributed by atoms with Crippen LogP contribution >= 0.6 is 0 Å². The van der Waals surface area contributed by atoms with Gasteiger partial charge in [-0.05, 0) is 13.8 Å². The predicted octanol–water partition coefficient (Wildman–Crippen LogP) is 0.769. The Kier molecular flexibility index (Phi) is 2.64. The summed E-state index contributed by atoms with van der Waals surface area (Å²) in [5, 5.41) is 9.25. The number of aryl methyl sites for hydroxylation is 1. The fourth-order valence-electron chi connectivity index (χ4n) is 1.48. The predicted molar refractivity (Wildman–Crippen MR) is 56.4 cm³/mol. The Hall–Kier alpha value is -1.49. The average molecular weight is 206 g/mol. The van der Waals surface area contributed by atoms with Crippen molar-refractivity contribution in [1.82, 2.24) is 19.5 Å². The lowest BCUT2D eigenvalue weighted by Gasteiger charge is -2.03. The van der Waals surface area contributed by atoms with Gasteiger partial charge in [-0.25, -0.2) is 15.0 Å². The summed E-state index contributed by atoms with van der Waals surface area (Å²) in [6, 6.07) is 0. The second-order valence-electron chi connectivity index (χ2n) is 3.58. The van der Waals surface area contributed by atoms with Gasteiger partial charge in [0.25, 0.3) is 0 Å². The Balaban J connectivity index is 2.43. The van der Waals surface area contributed by atoms with Gasteiger partial charge in [0.15, 0.2) is 5.65 Å². The molecule has 2 aromatic rings. The first-order chi connectivity index (χ1) is 7.20. The van der Waals surface area contributed by atoms with Gasteiger partial charge >= 0.3 is 0 Å². The van der Waals surface area contributed by atoms with Crippen LogP contribution in [0.5, 0.6) is 0 Å². The number of imidazole rings is 1. The first kappa shape index (κ1) is 10.0. The molecule has 1 N–H and O–H groups in total. The Labute approximate surface area is 87.8 Å². The molecule has 2 aromatic heterocycles. The van der Waals surface area contributed by atoms with Crippen LogP contribution in [0.4, 0.5) is 0 Å². The number of nitrogens with zero attached hydrogens (tertiary/aromatic N) is 4. The molecule has 0 saturated carbocycles. The number of hydrogen-bond donors (Lipinski definition) is 1. The van der Waals surface area contributed by atoms with E-state index >= 15 is 0 Å². The van der Waals surface area contributed by atoms with Crippen molar-refractivity contribution in [1.29, 1.82) is 0 Å². The summed E-state index contributed by atoms with van der Waals surface area (Å²) in [7, 11) is 0. The van der Waals surface area contributed by atoms with Crippen LogP contribution in [-0.4, -0.2) is 30.7 Å². The molecule has 15 heavy (non-hydrogen) atoms. The van der Waals surface area contributed by atoms with Crippen molar-refractivity contribution in [3.8, 4) is 0 Å². The highest BCUT2D eigenvalue weighted by atomic mass is 16.3. The Morgan fingerprint density at radius 2 is 2.27 bits per heavy atom. The quantitative estimate of drug-likeness (QED) is 0.805. The van der Waals surface area contributed by atoms with Crippen LogP contribution in [0, 0.1) is 0 Å². The van der Waals surface area contributed by atoms with Gasteiger partial charge in [0.05, 0.1) is 18.6 Å². The van der Waals surface area contributed by atoms with E-state index in [9.17, 15) is 5.11 Å². The van der Waals surface area contributed by atoms with Crippen molar-refractivity contribution in [2.45, 2.75) is 32.9 Å². The fraction of sp³-hybridized carbons (Fsp3) is 0.500. The molecular formula is C10H14N4O. The van der Waals surface area contributed by atoms with Crippen LogP contribution < -0.4 is 0 Å². The van der Waals surface area contributed by atoms with Crippen molar-refractivity contribution in [3.63, 3.8) is 0 Å². The number of hydrogen-bond acceptors (Lipinski definition) is 4. The number of aliphatic hydroxyl groups is 1. The zero-order valence-corrected chi connectivity index (χ0v) is 8.88. The molecule has 0 spiro atoms. The highest BCUT2D eigenvalue weighted by molar-refractivity contribution is 5.69. The summed E-state index contributed by atoms with van der Waals surface area (Å²) in [5.74, 6) is 0.660. The van der Waals surface area contributed by atoms with Gasteiger partial charge in [0.1, 0.15) is 11.3 Å². The average Bonchev–Trinajstić information content (AvgIpc) is 2.59. The van der Waals surface area contributed by atoms with E-state index in [2.05, 4.69) is 15.0 Å². The maximum Gasteiger partial charge on any atom is 0.163 e. The standard InChI is InChI=1S/C10H14N4O/c1-3-14-6-12-8-5-11-9(4-7(2)15)13-10(8)14/h5-7,15H,3-4H2,1-2H3. The molecule has 0 radical (unpaired) electrons. The first-order valence-electron chi connectivity index (χ1n) is 5.05. The molecule has 0 aliphatic heterocycles. The molecule has 0 aromatic carbocycles. The van der Waals surface area contributed by atoms with Crippen LogP contribution in [0.2, 0.25) is 0 Å². The topological polar surface area (TPSA) is 63.8 Å². The lowest BCUT2D eigenvalue weighted by Crippen LogP contribution is -2.08. The molecule has 0 saturated heterocycles. The maximum atomic E-state index is 9.25. The molecule has 0 aliphatic rings. The second kappa shape index (κ2) is 3.94. The van der Waals surface area contributed by atoms with Crippen LogP contribution in [-0.2, 0) is 13.0 Å². The van der Waals surface area contributed by atoms with Gasteiger partial charge in [0.2, 0.25) is 0 Å². The number of aromatic nitrogens is 4. The normalized spacial score (nSPS) is 13.3. The summed E-state index contributed by atoms with van der Waals surface area (Å²) in [6.45, 7) is 4.60. The van der Waals surface area contributed by atoms with Gasteiger partial charge in [0, 0.05) is 13.0 Å². The minimum Gasteiger partial charge on any atom is -0.393 e. The van der Waals surface area contributed by atoms with E-state index in [0.717, 1.165) is 17.7 Å². The van der Waals surface area contributed by atoms with E-state index in [-0.39, 0.29) is 0 Å². The molecule has 1 unspecified atom stereocenters. The molecule has 80 valence electrons.